The highest BCUT2D eigenvalue weighted by molar-refractivity contribution is 6.13. The quantitative estimate of drug-likeness (QED) is 0.771. The van der Waals surface area contributed by atoms with Gasteiger partial charge < -0.3 is 10.4 Å². The molecule has 0 aliphatic carbocycles. The fraction of sp³-hybridized carbons (Fsp3) is 0. The Morgan fingerprint density at radius 1 is 0.818 bits per heavy atom. The Balaban J connectivity index is 1.89. The molecule has 0 saturated carbocycles. The summed E-state index contributed by atoms with van der Waals surface area (Å²) in [6.45, 7) is 0. The second kappa shape index (κ2) is 5.69. The van der Waals surface area contributed by atoms with Crippen LogP contribution in [0.3, 0.4) is 0 Å². The Hall–Kier alpha value is -3.14. The number of carboxylic acids is 1. The number of carbonyl (C=O) groups excluding carboxylic acids is 1. The predicted octanol–water partition coefficient (Wildman–Crippen LogP) is 3.79. The summed E-state index contributed by atoms with van der Waals surface area (Å²) in [5.74, 6) is -1.22. The molecule has 0 fully saturated rings. The monoisotopic (exact) mass is 291 g/mol. The van der Waals surface area contributed by atoms with Gasteiger partial charge in [0.15, 0.2) is 0 Å². The summed E-state index contributed by atoms with van der Waals surface area (Å²) in [4.78, 5) is 23.2. The largest absolute Gasteiger partial charge is 0.478 e. The molecule has 3 aromatic carbocycles. The Bertz CT molecular complexity index is 848. The number of hydrogen-bond donors (Lipinski definition) is 2. The summed E-state index contributed by atoms with van der Waals surface area (Å²) in [7, 11) is 0. The van der Waals surface area contributed by atoms with Gasteiger partial charge in [-0.05, 0) is 41.1 Å². The molecule has 0 aliphatic heterocycles. The van der Waals surface area contributed by atoms with E-state index in [-0.39, 0.29) is 11.5 Å². The molecule has 0 heterocycles. The lowest BCUT2D eigenvalue weighted by atomic mass is 10.0. The van der Waals surface area contributed by atoms with Crippen LogP contribution in [0, 0.1) is 0 Å². The molecular formula is C18H13NO3. The van der Waals surface area contributed by atoms with E-state index in [4.69, 9.17) is 5.11 Å². The van der Waals surface area contributed by atoms with Crippen molar-refractivity contribution in [2.45, 2.75) is 0 Å². The van der Waals surface area contributed by atoms with Crippen LogP contribution in [0.5, 0.6) is 0 Å². The lowest BCUT2D eigenvalue weighted by Gasteiger charge is -2.08. The molecule has 0 unspecified atom stereocenters. The number of carboxylic acid groups (broad SMARTS) is 1. The first-order valence-corrected chi connectivity index (χ1v) is 6.77. The van der Waals surface area contributed by atoms with E-state index in [1.807, 2.05) is 36.4 Å². The Morgan fingerprint density at radius 2 is 1.50 bits per heavy atom. The molecule has 0 saturated heterocycles. The van der Waals surface area contributed by atoms with Crippen LogP contribution in [0.1, 0.15) is 20.7 Å². The summed E-state index contributed by atoms with van der Waals surface area (Å²) in [5.41, 5.74) is 1.33. The third-order valence-electron chi connectivity index (χ3n) is 3.42. The van der Waals surface area contributed by atoms with Crippen LogP contribution in [0.15, 0.2) is 66.7 Å². The van der Waals surface area contributed by atoms with Crippen LogP contribution in [0.4, 0.5) is 5.69 Å². The minimum atomic E-state index is -0.994. The van der Waals surface area contributed by atoms with Crippen LogP contribution < -0.4 is 5.32 Å². The molecule has 0 aromatic heterocycles. The molecule has 1 amide bonds. The van der Waals surface area contributed by atoms with Crippen molar-refractivity contribution >= 4 is 28.3 Å². The van der Waals surface area contributed by atoms with Gasteiger partial charge in [-0.15, -0.1) is 0 Å². The number of hydrogen-bond acceptors (Lipinski definition) is 2. The van der Waals surface area contributed by atoms with Crippen LogP contribution in [-0.4, -0.2) is 17.0 Å². The number of nitrogens with one attached hydrogen (secondary N) is 1. The number of aromatic carboxylic acids is 1. The molecule has 4 heteroatoms. The molecule has 0 atom stereocenters. The maximum atomic E-state index is 12.4. The van der Waals surface area contributed by atoms with Gasteiger partial charge in [-0.1, -0.05) is 36.4 Å². The zero-order valence-electron chi connectivity index (χ0n) is 11.6. The van der Waals surface area contributed by atoms with Crippen molar-refractivity contribution < 1.29 is 14.7 Å². The summed E-state index contributed by atoms with van der Waals surface area (Å²) in [6, 6.07) is 19.3. The minimum Gasteiger partial charge on any atom is -0.478 e. The highest BCUT2D eigenvalue weighted by Crippen LogP contribution is 2.20. The van der Waals surface area contributed by atoms with Gasteiger partial charge in [-0.25, -0.2) is 4.79 Å². The van der Waals surface area contributed by atoms with E-state index >= 15 is 0 Å². The number of anilines is 1. The molecule has 22 heavy (non-hydrogen) atoms. The standard InChI is InChI=1S/C18H13NO3/c20-17(19-14-10-8-13(9-11-14)18(21)22)16-7-3-5-12-4-1-2-6-15(12)16/h1-11H,(H,19,20)(H,21,22). The SMILES string of the molecule is O=C(O)c1ccc(NC(=O)c2cccc3ccccc23)cc1. The fourth-order valence-corrected chi connectivity index (χ4v) is 2.32. The highest BCUT2D eigenvalue weighted by Gasteiger charge is 2.10. The molecule has 0 radical (unpaired) electrons. The number of rotatable bonds is 3. The van der Waals surface area contributed by atoms with E-state index < -0.39 is 5.97 Å². The Kier molecular flexibility index (Phi) is 3.58. The summed E-state index contributed by atoms with van der Waals surface area (Å²) in [6.07, 6.45) is 0. The summed E-state index contributed by atoms with van der Waals surface area (Å²) >= 11 is 0. The highest BCUT2D eigenvalue weighted by atomic mass is 16.4. The fourth-order valence-electron chi connectivity index (χ4n) is 2.32. The first-order chi connectivity index (χ1) is 10.6. The van der Waals surface area contributed by atoms with Crippen molar-refractivity contribution in [2.24, 2.45) is 0 Å². The third-order valence-corrected chi connectivity index (χ3v) is 3.42. The zero-order chi connectivity index (χ0) is 15.5. The van der Waals surface area contributed by atoms with E-state index in [2.05, 4.69) is 5.32 Å². The molecular weight excluding hydrogens is 278 g/mol. The number of carbonyl (C=O) groups is 2. The van der Waals surface area contributed by atoms with Gasteiger partial charge in [0, 0.05) is 11.3 Å². The van der Waals surface area contributed by atoms with Gasteiger partial charge in [-0.2, -0.15) is 0 Å². The maximum absolute atomic E-state index is 12.4. The van der Waals surface area contributed by atoms with Crippen molar-refractivity contribution in [1.82, 2.24) is 0 Å². The number of amides is 1. The van der Waals surface area contributed by atoms with Gasteiger partial charge in [0.05, 0.1) is 5.56 Å². The first kappa shape index (κ1) is 13.8. The summed E-state index contributed by atoms with van der Waals surface area (Å²) in [5, 5.41) is 13.5. The lowest BCUT2D eigenvalue weighted by molar-refractivity contribution is 0.0696. The second-order valence-electron chi connectivity index (χ2n) is 4.86. The van der Waals surface area contributed by atoms with Gasteiger partial charge in [0.1, 0.15) is 0 Å². The average Bonchev–Trinajstić information content (AvgIpc) is 2.54. The molecule has 0 spiro atoms. The van der Waals surface area contributed by atoms with E-state index in [1.54, 1.807) is 18.2 Å². The van der Waals surface area contributed by atoms with Crippen molar-refractivity contribution in [3.05, 3.63) is 77.9 Å². The molecule has 3 aromatic rings. The third kappa shape index (κ3) is 2.67. The van der Waals surface area contributed by atoms with E-state index in [1.165, 1.54) is 12.1 Å². The predicted molar refractivity (Wildman–Crippen MR) is 85.3 cm³/mol. The molecule has 3 rings (SSSR count). The molecule has 4 nitrogen and oxygen atoms in total. The average molecular weight is 291 g/mol. The number of benzene rings is 3. The van der Waals surface area contributed by atoms with Crippen LogP contribution in [0.25, 0.3) is 10.8 Å². The topological polar surface area (TPSA) is 66.4 Å². The molecule has 0 bridgehead atoms. The normalized spacial score (nSPS) is 10.4. The van der Waals surface area contributed by atoms with Crippen molar-refractivity contribution in [2.75, 3.05) is 5.32 Å². The molecule has 2 N–H and O–H groups in total. The number of fused-ring (bicyclic) bond motifs is 1. The van der Waals surface area contributed by atoms with Gasteiger partial charge in [-0.3, -0.25) is 4.79 Å². The van der Waals surface area contributed by atoms with Crippen LogP contribution in [-0.2, 0) is 0 Å². The van der Waals surface area contributed by atoms with Crippen LogP contribution in [0.2, 0.25) is 0 Å². The lowest BCUT2D eigenvalue weighted by Crippen LogP contribution is -2.12. The van der Waals surface area contributed by atoms with E-state index in [0.717, 1.165) is 10.8 Å². The van der Waals surface area contributed by atoms with Gasteiger partial charge in [0.25, 0.3) is 5.91 Å². The molecule has 108 valence electrons. The smallest absolute Gasteiger partial charge is 0.335 e. The summed E-state index contributed by atoms with van der Waals surface area (Å²) < 4.78 is 0. The van der Waals surface area contributed by atoms with Gasteiger partial charge >= 0.3 is 5.97 Å². The van der Waals surface area contributed by atoms with Crippen molar-refractivity contribution in [1.29, 1.82) is 0 Å². The second-order valence-corrected chi connectivity index (χ2v) is 4.86. The van der Waals surface area contributed by atoms with Gasteiger partial charge in [0.2, 0.25) is 0 Å². The van der Waals surface area contributed by atoms with E-state index in [0.29, 0.717) is 11.3 Å². The zero-order valence-corrected chi connectivity index (χ0v) is 11.6. The van der Waals surface area contributed by atoms with Crippen LogP contribution >= 0.6 is 0 Å². The minimum absolute atomic E-state index is 0.183. The van der Waals surface area contributed by atoms with Crippen molar-refractivity contribution in [3.63, 3.8) is 0 Å². The Morgan fingerprint density at radius 3 is 2.23 bits per heavy atom. The van der Waals surface area contributed by atoms with Crippen molar-refractivity contribution in [3.8, 4) is 0 Å². The molecule has 0 aliphatic rings. The maximum Gasteiger partial charge on any atom is 0.335 e. The van der Waals surface area contributed by atoms with E-state index in [9.17, 15) is 9.59 Å². The first-order valence-electron chi connectivity index (χ1n) is 6.77. The Labute approximate surface area is 127 Å².